The van der Waals surface area contributed by atoms with Gasteiger partial charge >= 0.3 is 0 Å². The topological polar surface area (TPSA) is 129 Å². The zero-order valence-electron chi connectivity index (χ0n) is 12.2. The summed E-state index contributed by atoms with van der Waals surface area (Å²) in [5, 5.41) is 0. The quantitative estimate of drug-likeness (QED) is 0.488. The van der Waals surface area contributed by atoms with Gasteiger partial charge in [0.2, 0.25) is 5.96 Å². The average molecular weight is 305 g/mol. The summed E-state index contributed by atoms with van der Waals surface area (Å²) in [5.41, 5.74) is 20.1. The van der Waals surface area contributed by atoms with E-state index in [1.807, 2.05) is 42.5 Å². The van der Waals surface area contributed by atoms with Gasteiger partial charge in [-0.3, -0.25) is 4.98 Å². The second-order valence-corrected chi connectivity index (χ2v) is 4.80. The highest BCUT2D eigenvalue weighted by Gasteiger charge is 2.03. The Kier molecular flexibility index (Phi) is 3.84. The number of hydrogen-bond donors (Lipinski definition) is 3. The number of hydrogen-bond acceptors (Lipinski definition) is 3. The molecule has 0 saturated heterocycles. The summed E-state index contributed by atoms with van der Waals surface area (Å²) in [7, 11) is 0. The molecule has 0 fully saturated rings. The lowest BCUT2D eigenvalue weighted by molar-refractivity contribution is 1.29. The summed E-state index contributed by atoms with van der Waals surface area (Å²) < 4.78 is 0. The maximum atomic E-state index is 5.64. The van der Waals surface area contributed by atoms with Crippen molar-refractivity contribution in [2.45, 2.75) is 0 Å². The predicted octanol–water partition coefficient (Wildman–Crippen LogP) is 1.52. The molecule has 0 aliphatic heterocycles. The molecule has 3 rings (SSSR count). The van der Waals surface area contributed by atoms with Gasteiger partial charge in [-0.15, -0.1) is 0 Å². The number of benzene rings is 2. The third kappa shape index (κ3) is 3.41. The number of aliphatic imine (C=N–C) groups is 2. The molecule has 0 saturated carbocycles. The van der Waals surface area contributed by atoms with Gasteiger partial charge in [-0.1, -0.05) is 24.3 Å². The maximum Gasteiger partial charge on any atom is 0.223 e. The first kappa shape index (κ1) is 14.5. The van der Waals surface area contributed by atoms with E-state index in [2.05, 4.69) is 20.0 Å². The van der Waals surface area contributed by atoms with Crippen LogP contribution in [0.25, 0.3) is 22.3 Å². The number of fused-ring (bicyclic) bond motifs is 1. The van der Waals surface area contributed by atoms with E-state index >= 15 is 0 Å². The average Bonchev–Trinajstić information content (AvgIpc) is 2.54. The number of aromatic nitrogens is 2. The minimum atomic E-state index is -0.136. The predicted molar refractivity (Wildman–Crippen MR) is 92.1 cm³/mol. The SMILES string of the molecule is NC(N)=NC(N)=Nc1cccc(-c2cnc3ccccc3n2)c1. The molecule has 0 bridgehead atoms. The van der Waals surface area contributed by atoms with E-state index in [1.54, 1.807) is 12.3 Å². The van der Waals surface area contributed by atoms with Crippen LogP contribution in [0.5, 0.6) is 0 Å². The first-order valence-electron chi connectivity index (χ1n) is 6.88. The Bertz CT molecular complexity index is 911. The fourth-order valence-electron chi connectivity index (χ4n) is 2.12. The second kappa shape index (κ2) is 6.10. The lowest BCUT2D eigenvalue weighted by atomic mass is 10.1. The molecule has 0 aliphatic rings. The Balaban J connectivity index is 1.99. The van der Waals surface area contributed by atoms with Gasteiger partial charge in [0, 0.05) is 5.56 Å². The van der Waals surface area contributed by atoms with Crippen molar-refractivity contribution in [1.82, 2.24) is 9.97 Å². The molecule has 6 N–H and O–H groups in total. The molecule has 23 heavy (non-hydrogen) atoms. The highest BCUT2D eigenvalue weighted by Crippen LogP contribution is 2.23. The molecule has 0 atom stereocenters. The molecule has 7 heteroatoms. The lowest BCUT2D eigenvalue weighted by Gasteiger charge is -2.04. The molecule has 3 aromatic rings. The van der Waals surface area contributed by atoms with Crippen LogP contribution >= 0.6 is 0 Å². The third-order valence-electron chi connectivity index (χ3n) is 3.08. The smallest absolute Gasteiger partial charge is 0.223 e. The van der Waals surface area contributed by atoms with Crippen LogP contribution in [-0.4, -0.2) is 21.9 Å². The van der Waals surface area contributed by atoms with Gasteiger partial charge in [-0.05, 0) is 24.3 Å². The first-order valence-corrected chi connectivity index (χ1v) is 6.88. The van der Waals surface area contributed by atoms with Gasteiger partial charge < -0.3 is 17.2 Å². The molecule has 1 aromatic heterocycles. The van der Waals surface area contributed by atoms with Crippen LogP contribution < -0.4 is 17.2 Å². The van der Waals surface area contributed by atoms with E-state index in [0.717, 1.165) is 22.3 Å². The Labute approximate surface area is 132 Å². The second-order valence-electron chi connectivity index (χ2n) is 4.80. The normalized spacial score (nSPS) is 11.4. The van der Waals surface area contributed by atoms with Crippen LogP contribution in [0.2, 0.25) is 0 Å². The van der Waals surface area contributed by atoms with E-state index in [-0.39, 0.29) is 11.9 Å². The summed E-state index contributed by atoms with van der Waals surface area (Å²) >= 11 is 0. The zero-order chi connectivity index (χ0) is 16.2. The van der Waals surface area contributed by atoms with Crippen molar-refractivity contribution in [2.24, 2.45) is 27.2 Å². The minimum absolute atomic E-state index is 0.00764. The molecule has 114 valence electrons. The molecule has 0 radical (unpaired) electrons. The van der Waals surface area contributed by atoms with Gasteiger partial charge in [-0.25, -0.2) is 9.98 Å². The molecular weight excluding hydrogens is 290 g/mol. The van der Waals surface area contributed by atoms with Crippen LogP contribution in [0.15, 0.2) is 64.7 Å². The molecule has 1 heterocycles. The van der Waals surface area contributed by atoms with Crippen LogP contribution in [0.1, 0.15) is 0 Å². The largest absolute Gasteiger partial charge is 0.370 e. The molecular formula is C16H15N7. The van der Waals surface area contributed by atoms with Crippen molar-refractivity contribution >= 4 is 28.6 Å². The van der Waals surface area contributed by atoms with Crippen LogP contribution in [0, 0.1) is 0 Å². The van der Waals surface area contributed by atoms with Gasteiger partial charge in [0.15, 0.2) is 5.96 Å². The van der Waals surface area contributed by atoms with Crippen LogP contribution in [0.3, 0.4) is 0 Å². The van der Waals surface area contributed by atoms with E-state index in [1.165, 1.54) is 0 Å². The Morgan fingerprint density at radius 3 is 2.48 bits per heavy atom. The highest BCUT2D eigenvalue weighted by atomic mass is 15.1. The van der Waals surface area contributed by atoms with Crippen molar-refractivity contribution in [1.29, 1.82) is 0 Å². The van der Waals surface area contributed by atoms with Crippen molar-refractivity contribution < 1.29 is 0 Å². The van der Waals surface area contributed by atoms with E-state index in [4.69, 9.17) is 17.2 Å². The summed E-state index contributed by atoms with van der Waals surface area (Å²) in [6, 6.07) is 15.1. The van der Waals surface area contributed by atoms with E-state index < -0.39 is 0 Å². The summed E-state index contributed by atoms with van der Waals surface area (Å²) in [4.78, 5) is 16.8. The van der Waals surface area contributed by atoms with Crippen molar-refractivity contribution in [2.75, 3.05) is 0 Å². The number of nitrogens with two attached hydrogens (primary N) is 3. The molecule has 0 spiro atoms. The first-order chi connectivity index (χ1) is 11.1. The Morgan fingerprint density at radius 2 is 1.70 bits per heavy atom. The number of para-hydroxylation sites is 2. The molecule has 2 aromatic carbocycles. The van der Waals surface area contributed by atoms with Crippen LogP contribution in [0.4, 0.5) is 5.69 Å². The monoisotopic (exact) mass is 305 g/mol. The third-order valence-corrected chi connectivity index (χ3v) is 3.08. The van der Waals surface area contributed by atoms with Gasteiger partial charge in [0.05, 0.1) is 28.6 Å². The number of guanidine groups is 2. The summed E-state index contributed by atoms with van der Waals surface area (Å²) in [6.07, 6.45) is 1.73. The standard InChI is InChI=1S/C16H15N7/c17-15(18)23-16(19)21-11-5-3-4-10(8-11)14-9-20-12-6-1-2-7-13(12)22-14/h1-9H,(H6,17,18,19,21,23). The highest BCUT2D eigenvalue weighted by molar-refractivity contribution is 5.93. The number of nitrogens with zero attached hydrogens (tertiary/aromatic N) is 4. The van der Waals surface area contributed by atoms with Gasteiger partial charge in [0.1, 0.15) is 0 Å². The molecule has 0 unspecified atom stereocenters. The molecule has 7 nitrogen and oxygen atoms in total. The fraction of sp³-hybridized carbons (Fsp3) is 0. The van der Waals surface area contributed by atoms with Crippen molar-refractivity contribution in [3.8, 4) is 11.3 Å². The van der Waals surface area contributed by atoms with Crippen molar-refractivity contribution in [3.63, 3.8) is 0 Å². The van der Waals surface area contributed by atoms with Gasteiger partial charge in [-0.2, -0.15) is 4.99 Å². The maximum absolute atomic E-state index is 5.64. The minimum Gasteiger partial charge on any atom is -0.370 e. The molecule has 0 amide bonds. The number of rotatable bonds is 2. The fourth-order valence-corrected chi connectivity index (χ4v) is 2.12. The van der Waals surface area contributed by atoms with E-state index in [0.29, 0.717) is 5.69 Å². The Morgan fingerprint density at radius 1 is 0.913 bits per heavy atom. The molecule has 0 aliphatic carbocycles. The van der Waals surface area contributed by atoms with Gasteiger partial charge in [0.25, 0.3) is 0 Å². The summed E-state index contributed by atoms with van der Waals surface area (Å²) in [5.74, 6) is -0.144. The summed E-state index contributed by atoms with van der Waals surface area (Å²) in [6.45, 7) is 0. The van der Waals surface area contributed by atoms with Crippen molar-refractivity contribution in [3.05, 3.63) is 54.7 Å². The lowest BCUT2D eigenvalue weighted by Crippen LogP contribution is -2.26. The zero-order valence-corrected chi connectivity index (χ0v) is 12.2. The Hall–Kier alpha value is -3.48. The van der Waals surface area contributed by atoms with Crippen LogP contribution in [-0.2, 0) is 0 Å². The van der Waals surface area contributed by atoms with E-state index in [9.17, 15) is 0 Å².